The summed E-state index contributed by atoms with van der Waals surface area (Å²) in [6, 6.07) is 2.42. The summed E-state index contributed by atoms with van der Waals surface area (Å²) in [7, 11) is 0. The van der Waals surface area contributed by atoms with Gasteiger partial charge in [-0.3, -0.25) is 4.79 Å². The average molecular weight is 317 g/mol. The van der Waals surface area contributed by atoms with Crippen LogP contribution < -0.4 is 10.6 Å². The van der Waals surface area contributed by atoms with Crippen molar-refractivity contribution in [3.05, 3.63) is 20.8 Å². The van der Waals surface area contributed by atoms with Crippen molar-refractivity contribution < 1.29 is 4.79 Å². The lowest BCUT2D eigenvalue weighted by molar-refractivity contribution is -0.121. The molecule has 0 aliphatic carbocycles. The highest BCUT2D eigenvalue weighted by atomic mass is 79.9. The molecule has 1 aromatic rings. The standard InChI is InChI=1S/C12H17BrN2OS/c13-9-5-11(17-8-9)7-15-12(16)6-10-3-1-2-4-14-10/h5,8,10,14H,1-4,6-7H2,(H,15,16). The minimum Gasteiger partial charge on any atom is -0.351 e. The Bertz CT molecular complexity index is 374. The second-order valence-electron chi connectivity index (χ2n) is 4.36. The highest BCUT2D eigenvalue weighted by Gasteiger charge is 2.15. The molecule has 1 aliphatic rings. The van der Waals surface area contributed by atoms with Crippen LogP contribution in [0, 0.1) is 0 Å². The van der Waals surface area contributed by atoms with Crippen LogP contribution in [0.25, 0.3) is 0 Å². The molecular formula is C12H17BrN2OS. The van der Waals surface area contributed by atoms with Gasteiger partial charge in [-0.05, 0) is 41.4 Å². The Morgan fingerprint density at radius 2 is 2.47 bits per heavy atom. The van der Waals surface area contributed by atoms with Crippen molar-refractivity contribution in [2.45, 2.75) is 38.3 Å². The van der Waals surface area contributed by atoms with Gasteiger partial charge in [0.25, 0.3) is 0 Å². The van der Waals surface area contributed by atoms with Gasteiger partial charge in [-0.15, -0.1) is 11.3 Å². The summed E-state index contributed by atoms with van der Waals surface area (Å²) in [4.78, 5) is 12.9. The van der Waals surface area contributed by atoms with E-state index >= 15 is 0 Å². The number of carbonyl (C=O) groups excluding carboxylic acids is 1. The Hall–Kier alpha value is -0.390. The van der Waals surface area contributed by atoms with Gasteiger partial charge in [0.1, 0.15) is 0 Å². The molecule has 1 amide bonds. The fourth-order valence-electron chi connectivity index (χ4n) is 2.03. The normalized spacial score (nSPS) is 20.2. The molecule has 0 bridgehead atoms. The molecule has 0 aromatic carbocycles. The molecule has 2 rings (SSSR count). The second-order valence-corrected chi connectivity index (χ2v) is 6.27. The number of halogens is 1. The molecule has 0 radical (unpaired) electrons. The Morgan fingerprint density at radius 1 is 1.59 bits per heavy atom. The molecular weight excluding hydrogens is 300 g/mol. The van der Waals surface area contributed by atoms with Crippen molar-refractivity contribution in [1.29, 1.82) is 0 Å². The zero-order chi connectivity index (χ0) is 12.1. The Balaban J connectivity index is 1.70. The fourth-order valence-corrected chi connectivity index (χ4v) is 3.42. The number of rotatable bonds is 4. The largest absolute Gasteiger partial charge is 0.351 e. The molecule has 0 spiro atoms. The summed E-state index contributed by atoms with van der Waals surface area (Å²) in [5.41, 5.74) is 0. The van der Waals surface area contributed by atoms with Gasteiger partial charge < -0.3 is 10.6 Å². The van der Waals surface area contributed by atoms with Crippen molar-refractivity contribution in [2.75, 3.05) is 6.54 Å². The van der Waals surface area contributed by atoms with E-state index in [9.17, 15) is 4.79 Å². The molecule has 94 valence electrons. The number of piperidine rings is 1. The van der Waals surface area contributed by atoms with Crippen LogP contribution in [-0.4, -0.2) is 18.5 Å². The van der Waals surface area contributed by atoms with Gasteiger partial charge in [0.15, 0.2) is 0 Å². The Kier molecular flexibility index (Phi) is 5.00. The van der Waals surface area contributed by atoms with Gasteiger partial charge in [-0.1, -0.05) is 6.42 Å². The molecule has 17 heavy (non-hydrogen) atoms. The summed E-state index contributed by atoms with van der Waals surface area (Å²) in [6.45, 7) is 1.69. The van der Waals surface area contributed by atoms with E-state index in [1.807, 2.05) is 11.4 Å². The van der Waals surface area contributed by atoms with Crippen LogP contribution in [0.3, 0.4) is 0 Å². The lowest BCUT2D eigenvalue weighted by Gasteiger charge is -2.22. The average Bonchev–Trinajstić information content (AvgIpc) is 2.74. The Morgan fingerprint density at radius 3 is 3.12 bits per heavy atom. The molecule has 2 N–H and O–H groups in total. The van der Waals surface area contributed by atoms with Crippen LogP contribution >= 0.6 is 27.3 Å². The first-order valence-corrected chi connectivity index (χ1v) is 7.64. The quantitative estimate of drug-likeness (QED) is 0.896. The molecule has 1 fully saturated rings. The highest BCUT2D eigenvalue weighted by molar-refractivity contribution is 9.10. The van der Waals surface area contributed by atoms with Crippen molar-refractivity contribution in [3.63, 3.8) is 0 Å². The van der Waals surface area contributed by atoms with Crippen LogP contribution in [0.5, 0.6) is 0 Å². The summed E-state index contributed by atoms with van der Waals surface area (Å²) in [6.07, 6.45) is 4.20. The predicted molar refractivity (Wildman–Crippen MR) is 74.1 cm³/mol. The zero-order valence-electron chi connectivity index (χ0n) is 9.67. The molecule has 1 saturated heterocycles. The summed E-state index contributed by atoms with van der Waals surface area (Å²) < 4.78 is 1.08. The number of thiophene rings is 1. The van der Waals surface area contributed by atoms with E-state index in [2.05, 4.69) is 26.6 Å². The smallest absolute Gasteiger partial charge is 0.221 e. The van der Waals surface area contributed by atoms with Gasteiger partial charge in [0.05, 0.1) is 6.54 Å². The van der Waals surface area contributed by atoms with Crippen LogP contribution in [0.15, 0.2) is 15.9 Å². The van der Waals surface area contributed by atoms with Crippen molar-refractivity contribution in [1.82, 2.24) is 10.6 Å². The molecule has 1 aromatic heterocycles. The lowest BCUT2D eigenvalue weighted by atomic mass is 10.0. The monoisotopic (exact) mass is 316 g/mol. The number of hydrogen-bond acceptors (Lipinski definition) is 3. The summed E-state index contributed by atoms with van der Waals surface area (Å²) in [5.74, 6) is 0.147. The fraction of sp³-hybridized carbons (Fsp3) is 0.583. The van der Waals surface area contributed by atoms with Gasteiger partial charge >= 0.3 is 0 Å². The van der Waals surface area contributed by atoms with Gasteiger partial charge in [0, 0.05) is 27.2 Å². The highest BCUT2D eigenvalue weighted by Crippen LogP contribution is 2.19. The minimum absolute atomic E-state index is 0.147. The Labute approximate surface area is 114 Å². The van der Waals surface area contributed by atoms with Crippen LogP contribution in [0.1, 0.15) is 30.6 Å². The molecule has 2 heterocycles. The molecule has 1 unspecified atom stereocenters. The molecule has 3 nitrogen and oxygen atoms in total. The van der Waals surface area contributed by atoms with E-state index in [4.69, 9.17) is 0 Å². The first-order valence-electron chi connectivity index (χ1n) is 5.97. The number of hydrogen-bond donors (Lipinski definition) is 2. The third kappa shape index (κ3) is 4.41. The van der Waals surface area contributed by atoms with E-state index in [-0.39, 0.29) is 5.91 Å². The minimum atomic E-state index is 0.147. The maximum atomic E-state index is 11.7. The van der Waals surface area contributed by atoms with Crippen molar-refractivity contribution in [3.8, 4) is 0 Å². The zero-order valence-corrected chi connectivity index (χ0v) is 12.1. The van der Waals surface area contributed by atoms with Gasteiger partial charge in [-0.2, -0.15) is 0 Å². The predicted octanol–water partition coefficient (Wildman–Crippen LogP) is 2.66. The summed E-state index contributed by atoms with van der Waals surface area (Å²) in [5, 5.41) is 8.39. The van der Waals surface area contributed by atoms with E-state index in [0.29, 0.717) is 19.0 Å². The SMILES string of the molecule is O=C(CC1CCCCN1)NCc1cc(Br)cs1. The molecule has 5 heteroatoms. The van der Waals surface area contributed by atoms with Crippen molar-refractivity contribution >= 4 is 33.2 Å². The summed E-state index contributed by atoms with van der Waals surface area (Å²) >= 11 is 5.07. The van der Waals surface area contributed by atoms with E-state index < -0.39 is 0 Å². The van der Waals surface area contributed by atoms with E-state index in [0.717, 1.165) is 17.4 Å². The molecule has 1 atom stereocenters. The van der Waals surface area contributed by atoms with Gasteiger partial charge in [0.2, 0.25) is 5.91 Å². The topological polar surface area (TPSA) is 41.1 Å². The molecule has 1 aliphatic heterocycles. The first-order chi connectivity index (χ1) is 8.24. The lowest BCUT2D eigenvalue weighted by Crippen LogP contribution is -2.38. The van der Waals surface area contributed by atoms with E-state index in [1.165, 1.54) is 17.7 Å². The van der Waals surface area contributed by atoms with E-state index in [1.54, 1.807) is 11.3 Å². The van der Waals surface area contributed by atoms with Crippen LogP contribution in [0.2, 0.25) is 0 Å². The number of nitrogens with one attached hydrogen (secondary N) is 2. The van der Waals surface area contributed by atoms with Gasteiger partial charge in [-0.25, -0.2) is 0 Å². The third-order valence-electron chi connectivity index (χ3n) is 2.93. The maximum Gasteiger partial charge on any atom is 0.221 e. The first kappa shape index (κ1) is 13.1. The maximum absolute atomic E-state index is 11.7. The number of carbonyl (C=O) groups is 1. The van der Waals surface area contributed by atoms with Crippen LogP contribution in [0.4, 0.5) is 0 Å². The van der Waals surface area contributed by atoms with Crippen LogP contribution in [-0.2, 0) is 11.3 Å². The van der Waals surface area contributed by atoms with Crippen molar-refractivity contribution in [2.24, 2.45) is 0 Å². The third-order valence-corrected chi connectivity index (χ3v) is 4.62. The number of amides is 1. The molecule has 0 saturated carbocycles. The second kappa shape index (κ2) is 6.52.